The molecule has 1 heterocycles. The molecule has 0 N–H and O–H groups in total. The molecular weight excluding hydrogens is 546 g/mol. The lowest BCUT2D eigenvalue weighted by Gasteiger charge is -2.42. The van der Waals surface area contributed by atoms with Crippen LogP contribution in [0.3, 0.4) is 0 Å². The molecule has 0 unspecified atom stereocenters. The van der Waals surface area contributed by atoms with Gasteiger partial charge in [-0.3, -0.25) is 0 Å². The van der Waals surface area contributed by atoms with E-state index in [-0.39, 0.29) is 5.41 Å². The van der Waals surface area contributed by atoms with Gasteiger partial charge in [0, 0.05) is 5.41 Å². The summed E-state index contributed by atoms with van der Waals surface area (Å²) < 4.78 is 12.9. The van der Waals surface area contributed by atoms with Gasteiger partial charge in [0.25, 0.3) is 0 Å². The van der Waals surface area contributed by atoms with E-state index in [0.29, 0.717) is 50.9 Å². The van der Waals surface area contributed by atoms with E-state index in [1.807, 2.05) is 36.4 Å². The number of rotatable bonds is 5. The van der Waals surface area contributed by atoms with Crippen molar-refractivity contribution in [3.05, 3.63) is 137 Å². The molecule has 0 saturated heterocycles. The zero-order chi connectivity index (χ0) is 30.8. The Kier molecular flexibility index (Phi) is 6.93. The topological polar surface area (TPSA) is 117 Å². The fourth-order valence-corrected chi connectivity index (χ4v) is 5.63. The molecule has 0 bridgehead atoms. The normalized spacial score (nSPS) is 12.4. The van der Waals surface area contributed by atoms with Crippen molar-refractivity contribution in [2.24, 2.45) is 0 Å². The first-order valence-corrected chi connectivity index (χ1v) is 13.7. The highest BCUT2D eigenvalue weighted by Gasteiger charge is 2.38. The smallest absolute Gasteiger partial charge is 0.155 e. The Labute approximate surface area is 255 Å². The molecule has 5 aromatic rings. The van der Waals surface area contributed by atoms with E-state index in [4.69, 9.17) is 9.47 Å². The van der Waals surface area contributed by atoms with E-state index in [0.717, 1.165) is 22.5 Å². The molecule has 6 rings (SSSR count). The highest BCUT2D eigenvalue weighted by atomic mass is 16.5. The second-order valence-electron chi connectivity index (χ2n) is 10.7. The van der Waals surface area contributed by atoms with Crippen molar-refractivity contribution < 1.29 is 9.47 Å². The molecule has 0 spiro atoms. The number of para-hydroxylation sites is 3. The third-order valence-electron chi connectivity index (χ3n) is 7.61. The van der Waals surface area contributed by atoms with Gasteiger partial charge in [0.15, 0.2) is 11.5 Å². The van der Waals surface area contributed by atoms with Crippen molar-refractivity contribution in [1.82, 2.24) is 0 Å². The van der Waals surface area contributed by atoms with Gasteiger partial charge >= 0.3 is 0 Å². The maximum absolute atomic E-state index is 9.58. The van der Waals surface area contributed by atoms with Crippen LogP contribution in [0.1, 0.15) is 47.2 Å². The summed E-state index contributed by atoms with van der Waals surface area (Å²) in [6.07, 6.45) is 0. The van der Waals surface area contributed by atoms with Crippen LogP contribution < -0.4 is 14.4 Å². The first kappa shape index (κ1) is 27.6. The number of hydrogen-bond acceptors (Lipinski definition) is 7. The SMILES string of the molecule is CC1(C)c2ccccc2N(c2c(Oc3cc(C#N)cc(C#N)c3)cccc2Oc2cc(C#N)cc(C#N)c2)c2ccccc21. The van der Waals surface area contributed by atoms with Crippen LogP contribution in [0.4, 0.5) is 17.1 Å². The maximum Gasteiger partial charge on any atom is 0.155 e. The minimum atomic E-state index is -0.313. The fraction of sp³-hybridized carbons (Fsp3) is 0.0811. The number of nitriles is 4. The Hall–Kier alpha value is -6.54. The van der Waals surface area contributed by atoms with Crippen LogP contribution in [-0.2, 0) is 5.41 Å². The lowest BCUT2D eigenvalue weighted by atomic mass is 9.73. The van der Waals surface area contributed by atoms with Crippen molar-refractivity contribution >= 4 is 17.1 Å². The van der Waals surface area contributed by atoms with Gasteiger partial charge < -0.3 is 14.4 Å². The monoisotopic (exact) mass is 569 g/mol. The zero-order valence-corrected chi connectivity index (χ0v) is 23.9. The third kappa shape index (κ3) is 4.82. The molecule has 44 heavy (non-hydrogen) atoms. The summed E-state index contributed by atoms with van der Waals surface area (Å²) in [5, 5.41) is 38.3. The van der Waals surface area contributed by atoms with Crippen LogP contribution in [0.5, 0.6) is 23.0 Å². The molecule has 0 radical (unpaired) electrons. The lowest BCUT2D eigenvalue weighted by Crippen LogP contribution is -2.30. The maximum atomic E-state index is 9.58. The number of hydrogen-bond donors (Lipinski definition) is 0. The first-order chi connectivity index (χ1) is 21.4. The average Bonchev–Trinajstić information content (AvgIpc) is 3.05. The predicted octanol–water partition coefficient (Wildman–Crippen LogP) is 8.87. The van der Waals surface area contributed by atoms with E-state index in [9.17, 15) is 21.0 Å². The number of ether oxygens (including phenoxy) is 2. The molecule has 5 aromatic carbocycles. The molecule has 7 heteroatoms. The van der Waals surface area contributed by atoms with Gasteiger partial charge in [-0.25, -0.2) is 0 Å². The predicted molar refractivity (Wildman–Crippen MR) is 165 cm³/mol. The quantitative estimate of drug-likeness (QED) is 0.207. The second-order valence-corrected chi connectivity index (χ2v) is 10.7. The summed E-state index contributed by atoms with van der Waals surface area (Å²) >= 11 is 0. The number of benzene rings is 5. The zero-order valence-electron chi connectivity index (χ0n) is 23.9. The van der Waals surface area contributed by atoms with Gasteiger partial charge in [-0.2, -0.15) is 21.0 Å². The Morgan fingerprint density at radius 2 is 0.909 bits per heavy atom. The van der Waals surface area contributed by atoms with Crippen LogP contribution in [0.25, 0.3) is 0 Å². The highest BCUT2D eigenvalue weighted by Crippen LogP contribution is 2.56. The molecule has 0 fully saturated rings. The van der Waals surface area contributed by atoms with E-state index >= 15 is 0 Å². The van der Waals surface area contributed by atoms with Gasteiger partial charge in [0.05, 0.1) is 57.9 Å². The number of nitrogens with zero attached hydrogens (tertiary/aromatic N) is 5. The summed E-state index contributed by atoms with van der Waals surface area (Å²) in [6, 6.07) is 39.3. The minimum Gasteiger partial charge on any atom is -0.455 e. The minimum absolute atomic E-state index is 0.292. The summed E-state index contributed by atoms with van der Waals surface area (Å²) in [4.78, 5) is 2.08. The first-order valence-electron chi connectivity index (χ1n) is 13.7. The number of fused-ring (bicyclic) bond motifs is 2. The Morgan fingerprint density at radius 1 is 0.523 bits per heavy atom. The molecule has 0 saturated carbocycles. The number of anilines is 3. The van der Waals surface area contributed by atoms with Gasteiger partial charge in [0.1, 0.15) is 17.2 Å². The Morgan fingerprint density at radius 3 is 1.30 bits per heavy atom. The van der Waals surface area contributed by atoms with Crippen LogP contribution in [0, 0.1) is 45.3 Å². The van der Waals surface area contributed by atoms with Crippen molar-refractivity contribution in [2.45, 2.75) is 19.3 Å². The van der Waals surface area contributed by atoms with Crippen LogP contribution in [-0.4, -0.2) is 0 Å². The lowest BCUT2D eigenvalue weighted by molar-refractivity contribution is 0.461. The van der Waals surface area contributed by atoms with E-state index in [1.54, 1.807) is 42.5 Å². The van der Waals surface area contributed by atoms with Crippen molar-refractivity contribution in [1.29, 1.82) is 21.0 Å². The molecule has 1 aliphatic heterocycles. The molecule has 7 nitrogen and oxygen atoms in total. The summed E-state index contributed by atoms with van der Waals surface area (Å²) in [5.74, 6) is 1.44. The highest BCUT2D eigenvalue weighted by molar-refractivity contribution is 5.90. The molecular formula is C37H23N5O2. The van der Waals surface area contributed by atoms with Crippen molar-refractivity contribution in [3.8, 4) is 47.3 Å². The van der Waals surface area contributed by atoms with Gasteiger partial charge in [-0.05, 0) is 71.8 Å². The molecule has 0 amide bonds. The Bertz CT molecular complexity index is 1910. The van der Waals surface area contributed by atoms with E-state index < -0.39 is 0 Å². The largest absolute Gasteiger partial charge is 0.455 e. The second kappa shape index (κ2) is 11.0. The van der Waals surface area contributed by atoms with Gasteiger partial charge in [-0.1, -0.05) is 56.3 Å². The van der Waals surface area contributed by atoms with Gasteiger partial charge in [0.2, 0.25) is 0 Å². The van der Waals surface area contributed by atoms with Crippen LogP contribution in [0.15, 0.2) is 103 Å². The van der Waals surface area contributed by atoms with Crippen LogP contribution in [0.2, 0.25) is 0 Å². The molecule has 0 atom stereocenters. The molecule has 0 aromatic heterocycles. The van der Waals surface area contributed by atoms with Crippen molar-refractivity contribution in [2.75, 3.05) is 4.90 Å². The molecule has 0 aliphatic carbocycles. The summed E-state index contributed by atoms with van der Waals surface area (Å²) in [5.41, 5.74) is 5.44. The molecule has 208 valence electrons. The van der Waals surface area contributed by atoms with E-state index in [1.165, 1.54) is 12.1 Å². The third-order valence-corrected chi connectivity index (χ3v) is 7.61. The van der Waals surface area contributed by atoms with Gasteiger partial charge in [-0.15, -0.1) is 0 Å². The van der Waals surface area contributed by atoms with E-state index in [2.05, 4.69) is 55.2 Å². The summed E-state index contributed by atoms with van der Waals surface area (Å²) in [6.45, 7) is 4.38. The fourth-order valence-electron chi connectivity index (χ4n) is 5.63. The standard InChI is InChI=1S/C37H23N5O2/c1-37(2)30-8-3-5-10-32(30)42(33-11-6-4-9-31(33)37)36-34(43-28-16-24(20-38)14-25(17-28)21-39)12-7-13-35(36)44-29-18-26(22-40)15-27(19-29)23-41/h3-19H,1-2H3. The molecule has 1 aliphatic rings. The average molecular weight is 570 g/mol. The van der Waals surface area contributed by atoms with Crippen molar-refractivity contribution in [3.63, 3.8) is 0 Å². The summed E-state index contributed by atoms with van der Waals surface area (Å²) in [7, 11) is 0. The van der Waals surface area contributed by atoms with Crippen LogP contribution >= 0.6 is 0 Å². The Balaban J connectivity index is 1.62.